The number of nitriles is 1. The van der Waals surface area contributed by atoms with Crippen molar-refractivity contribution in [2.24, 2.45) is 7.05 Å². The van der Waals surface area contributed by atoms with Crippen molar-refractivity contribution < 1.29 is 4.42 Å². The lowest BCUT2D eigenvalue weighted by molar-refractivity contribution is 0.561. The smallest absolute Gasteiger partial charge is 0.192 e. The van der Waals surface area contributed by atoms with Crippen LogP contribution in [0.4, 0.5) is 0 Å². The Bertz CT molecular complexity index is 778. The number of rotatable bonds is 2. The molecule has 0 N–H and O–H groups in total. The van der Waals surface area contributed by atoms with Crippen molar-refractivity contribution in [3.05, 3.63) is 47.9 Å². The van der Waals surface area contributed by atoms with Crippen LogP contribution < -0.4 is 0 Å². The number of benzene rings is 1. The van der Waals surface area contributed by atoms with Crippen LogP contribution in [0.25, 0.3) is 11.1 Å². The van der Waals surface area contributed by atoms with E-state index < -0.39 is 5.92 Å². The summed E-state index contributed by atoms with van der Waals surface area (Å²) in [5, 5.41) is 9.41. The zero-order valence-electron chi connectivity index (χ0n) is 10.7. The first-order valence-corrected chi connectivity index (χ1v) is 5.93. The molecule has 1 unspecified atom stereocenters. The fourth-order valence-electron chi connectivity index (χ4n) is 2.18. The Balaban J connectivity index is 2.12. The predicted molar refractivity (Wildman–Crippen MR) is 69.4 cm³/mol. The van der Waals surface area contributed by atoms with E-state index >= 15 is 0 Å². The minimum atomic E-state index is -0.401. The third-order valence-corrected chi connectivity index (χ3v) is 3.10. The van der Waals surface area contributed by atoms with Gasteiger partial charge in [-0.2, -0.15) is 5.26 Å². The summed E-state index contributed by atoms with van der Waals surface area (Å²) in [7, 11) is 1.88. The predicted octanol–water partition coefficient (Wildman–Crippen LogP) is 2.53. The molecule has 0 aliphatic heterocycles. The molecule has 0 bridgehead atoms. The van der Waals surface area contributed by atoms with Gasteiger partial charge in [-0.15, -0.1) is 0 Å². The number of fused-ring (bicyclic) bond motifs is 1. The molecule has 0 fully saturated rings. The van der Waals surface area contributed by atoms with E-state index in [2.05, 4.69) is 16.0 Å². The van der Waals surface area contributed by atoms with Crippen LogP contribution in [0.15, 0.2) is 35.0 Å². The van der Waals surface area contributed by atoms with Crippen LogP contribution in [0.3, 0.4) is 0 Å². The van der Waals surface area contributed by atoms with Crippen molar-refractivity contribution in [3.63, 3.8) is 0 Å². The van der Waals surface area contributed by atoms with Crippen LogP contribution in [0.5, 0.6) is 0 Å². The van der Waals surface area contributed by atoms with Crippen molar-refractivity contribution in [2.45, 2.75) is 12.8 Å². The number of aryl methyl sites for hydroxylation is 2. The van der Waals surface area contributed by atoms with Crippen molar-refractivity contribution >= 4 is 11.1 Å². The van der Waals surface area contributed by atoms with E-state index in [1.54, 1.807) is 13.1 Å². The van der Waals surface area contributed by atoms with Gasteiger partial charge < -0.3 is 8.98 Å². The molecular weight excluding hydrogens is 240 g/mol. The van der Waals surface area contributed by atoms with Crippen molar-refractivity contribution in [1.29, 1.82) is 5.26 Å². The van der Waals surface area contributed by atoms with Gasteiger partial charge in [0, 0.05) is 26.4 Å². The topological polar surface area (TPSA) is 67.6 Å². The molecule has 2 heterocycles. The summed E-state index contributed by atoms with van der Waals surface area (Å²) in [4.78, 5) is 8.54. The summed E-state index contributed by atoms with van der Waals surface area (Å²) in [5.74, 6) is 0.945. The highest BCUT2D eigenvalue weighted by atomic mass is 16.3. The van der Waals surface area contributed by atoms with Gasteiger partial charge in [0.1, 0.15) is 17.3 Å². The van der Waals surface area contributed by atoms with Crippen LogP contribution in [0, 0.1) is 18.3 Å². The lowest BCUT2D eigenvalue weighted by Crippen LogP contribution is -2.05. The van der Waals surface area contributed by atoms with Crippen molar-refractivity contribution in [2.75, 3.05) is 0 Å². The second kappa shape index (κ2) is 4.25. The van der Waals surface area contributed by atoms with Gasteiger partial charge in [-0.05, 0) is 17.7 Å². The van der Waals surface area contributed by atoms with Crippen LogP contribution in [-0.4, -0.2) is 14.5 Å². The lowest BCUT2D eigenvalue weighted by Gasteiger charge is -2.09. The SMILES string of the molecule is Cc1nc2cc(C(C#N)c3nccn3C)ccc2o1. The van der Waals surface area contributed by atoms with Gasteiger partial charge in [0.15, 0.2) is 11.5 Å². The number of aromatic nitrogens is 3. The van der Waals surface area contributed by atoms with E-state index in [1.165, 1.54) is 0 Å². The molecule has 5 heteroatoms. The Morgan fingerprint density at radius 2 is 2.26 bits per heavy atom. The minimum absolute atomic E-state index is 0.401. The fourth-order valence-corrected chi connectivity index (χ4v) is 2.18. The molecule has 94 valence electrons. The Morgan fingerprint density at radius 3 is 2.95 bits per heavy atom. The number of hydrogen-bond acceptors (Lipinski definition) is 4. The molecule has 0 aliphatic rings. The summed E-state index contributed by atoms with van der Waals surface area (Å²) in [5.41, 5.74) is 2.37. The van der Waals surface area contributed by atoms with Gasteiger partial charge in [-0.25, -0.2) is 9.97 Å². The van der Waals surface area contributed by atoms with Crippen LogP contribution in [0.1, 0.15) is 23.2 Å². The van der Waals surface area contributed by atoms with E-state index in [-0.39, 0.29) is 0 Å². The third-order valence-electron chi connectivity index (χ3n) is 3.10. The largest absolute Gasteiger partial charge is 0.441 e. The van der Waals surface area contributed by atoms with E-state index in [9.17, 15) is 5.26 Å². The van der Waals surface area contributed by atoms with E-state index in [4.69, 9.17) is 4.42 Å². The molecule has 0 saturated heterocycles. The Morgan fingerprint density at radius 1 is 1.42 bits per heavy atom. The monoisotopic (exact) mass is 252 g/mol. The van der Waals surface area contributed by atoms with Crippen molar-refractivity contribution in [3.8, 4) is 6.07 Å². The molecule has 5 nitrogen and oxygen atoms in total. The van der Waals surface area contributed by atoms with E-state index in [0.717, 1.165) is 22.5 Å². The standard InChI is InChI=1S/C14H12N4O/c1-9-17-12-7-10(3-4-13(12)19-9)11(8-15)14-16-5-6-18(14)2/h3-7,11H,1-2H3. The maximum Gasteiger partial charge on any atom is 0.192 e. The average molecular weight is 252 g/mol. The zero-order valence-corrected chi connectivity index (χ0v) is 10.7. The molecule has 0 saturated carbocycles. The first kappa shape index (κ1) is 11.5. The van der Waals surface area contributed by atoms with E-state index in [0.29, 0.717) is 5.89 Å². The number of hydrogen-bond donors (Lipinski definition) is 0. The quantitative estimate of drug-likeness (QED) is 0.702. The summed E-state index contributed by atoms with van der Waals surface area (Å²) < 4.78 is 7.29. The molecular formula is C14H12N4O. The zero-order chi connectivity index (χ0) is 13.4. The summed E-state index contributed by atoms with van der Waals surface area (Å²) in [6, 6.07) is 7.90. The summed E-state index contributed by atoms with van der Waals surface area (Å²) in [6.07, 6.45) is 3.52. The number of imidazole rings is 1. The minimum Gasteiger partial charge on any atom is -0.441 e. The van der Waals surface area contributed by atoms with Crippen LogP contribution >= 0.6 is 0 Å². The Labute approximate surface area is 110 Å². The molecule has 3 aromatic rings. The van der Waals surface area contributed by atoms with Crippen molar-refractivity contribution in [1.82, 2.24) is 14.5 Å². The second-order valence-corrected chi connectivity index (χ2v) is 4.42. The van der Waals surface area contributed by atoms with Gasteiger partial charge >= 0.3 is 0 Å². The Kier molecular flexibility index (Phi) is 2.57. The average Bonchev–Trinajstić information content (AvgIpc) is 2.95. The summed E-state index contributed by atoms with van der Waals surface area (Å²) >= 11 is 0. The molecule has 0 amide bonds. The van der Waals surface area contributed by atoms with Crippen LogP contribution in [-0.2, 0) is 7.05 Å². The first-order valence-electron chi connectivity index (χ1n) is 5.93. The van der Waals surface area contributed by atoms with Crippen LogP contribution in [0.2, 0.25) is 0 Å². The van der Waals surface area contributed by atoms with Gasteiger partial charge in [-0.1, -0.05) is 6.07 Å². The molecule has 0 radical (unpaired) electrons. The molecule has 3 rings (SSSR count). The number of nitrogens with zero attached hydrogens (tertiary/aromatic N) is 4. The van der Waals surface area contributed by atoms with E-state index in [1.807, 2.05) is 36.0 Å². The highest BCUT2D eigenvalue weighted by Gasteiger charge is 2.18. The van der Waals surface area contributed by atoms with Gasteiger partial charge in [0.05, 0.1) is 6.07 Å². The molecule has 0 spiro atoms. The number of oxazole rings is 1. The molecule has 1 aromatic carbocycles. The Hall–Kier alpha value is -2.61. The normalized spacial score (nSPS) is 12.5. The highest BCUT2D eigenvalue weighted by Crippen LogP contribution is 2.26. The van der Waals surface area contributed by atoms with Gasteiger partial charge in [0.25, 0.3) is 0 Å². The molecule has 1 atom stereocenters. The molecule has 19 heavy (non-hydrogen) atoms. The first-order chi connectivity index (χ1) is 9.19. The van der Waals surface area contributed by atoms with Gasteiger partial charge in [0.2, 0.25) is 0 Å². The highest BCUT2D eigenvalue weighted by molar-refractivity contribution is 5.74. The summed E-state index contributed by atoms with van der Waals surface area (Å²) in [6.45, 7) is 1.81. The third kappa shape index (κ3) is 1.87. The molecule has 0 aliphatic carbocycles. The second-order valence-electron chi connectivity index (χ2n) is 4.42. The molecule has 2 aromatic heterocycles. The maximum atomic E-state index is 9.41. The maximum absolute atomic E-state index is 9.41. The fraction of sp³-hybridized carbons (Fsp3) is 0.214. The van der Waals surface area contributed by atoms with Gasteiger partial charge in [-0.3, -0.25) is 0 Å². The lowest BCUT2D eigenvalue weighted by atomic mass is 9.99.